The molecule has 43 heavy (non-hydrogen) atoms. The fourth-order valence-electron chi connectivity index (χ4n) is 4.55. The Hall–Kier alpha value is -5.10. The zero-order chi connectivity index (χ0) is 31.1. The largest absolute Gasteiger partial charge is 0.524 e. The topological polar surface area (TPSA) is 184 Å². The number of phosphoric ester groups is 1. The standard InChI is InChI=1S/C29H20F2NO10P/c30-21-10-19-25(12-23(21)33)41-26-13-24(34)22(31)11-20(26)27(19)17-6-3-15(9-18(17)29(36)37)28(35)32-8-7-14-1-4-16(5-2-14)42-43(38,39)40/h1-6,9-13,33H,7-8H2,(H,32,35)(H,36,37)(H2,38,39,40). The number of hydrogen-bond acceptors (Lipinski definition) is 7. The van der Waals surface area contributed by atoms with Crippen LogP contribution in [0.4, 0.5) is 8.78 Å². The highest BCUT2D eigenvalue weighted by Crippen LogP contribution is 2.43. The van der Waals surface area contributed by atoms with E-state index in [1.165, 1.54) is 24.3 Å². The van der Waals surface area contributed by atoms with E-state index in [-0.39, 0.29) is 56.8 Å². The smallest absolute Gasteiger partial charge is 0.505 e. The third-order valence-corrected chi connectivity index (χ3v) is 6.92. The number of carbonyl (C=O) groups excluding carboxylic acids is 1. The summed E-state index contributed by atoms with van der Waals surface area (Å²) in [6.45, 7) is 0.122. The van der Waals surface area contributed by atoms with E-state index >= 15 is 0 Å². The van der Waals surface area contributed by atoms with E-state index < -0.39 is 42.5 Å². The second-order valence-corrected chi connectivity index (χ2v) is 10.5. The number of halogens is 2. The first kappa shape index (κ1) is 29.4. The van der Waals surface area contributed by atoms with Crippen molar-refractivity contribution in [2.75, 3.05) is 6.54 Å². The van der Waals surface area contributed by atoms with E-state index in [0.717, 1.165) is 30.3 Å². The maximum absolute atomic E-state index is 14.4. The number of phenols is 1. The van der Waals surface area contributed by atoms with Crippen LogP contribution < -0.4 is 15.3 Å². The summed E-state index contributed by atoms with van der Waals surface area (Å²) in [5.41, 5.74) is -0.873. The van der Waals surface area contributed by atoms with Crippen LogP contribution in [-0.4, -0.2) is 38.4 Å². The van der Waals surface area contributed by atoms with Gasteiger partial charge in [0.05, 0.1) is 5.56 Å². The van der Waals surface area contributed by atoms with Crippen molar-refractivity contribution >= 4 is 30.7 Å². The van der Waals surface area contributed by atoms with Gasteiger partial charge in [-0.15, -0.1) is 0 Å². The van der Waals surface area contributed by atoms with Crippen molar-refractivity contribution in [3.8, 4) is 33.9 Å². The summed E-state index contributed by atoms with van der Waals surface area (Å²) in [4.78, 5) is 54.9. The molecular formula is C29H20F2NO10P. The van der Waals surface area contributed by atoms with Crippen LogP contribution in [0.3, 0.4) is 0 Å². The van der Waals surface area contributed by atoms with Gasteiger partial charge in [-0.2, -0.15) is 0 Å². The fourth-order valence-corrected chi connectivity index (χ4v) is 4.94. The summed E-state index contributed by atoms with van der Waals surface area (Å²) in [7, 11) is -4.70. The molecule has 0 fully saturated rings. The highest BCUT2D eigenvalue weighted by molar-refractivity contribution is 7.46. The van der Waals surface area contributed by atoms with Gasteiger partial charge < -0.3 is 24.5 Å². The van der Waals surface area contributed by atoms with Gasteiger partial charge in [0.15, 0.2) is 17.4 Å². The zero-order valence-electron chi connectivity index (χ0n) is 21.7. The Morgan fingerprint density at radius 2 is 1.65 bits per heavy atom. The third kappa shape index (κ3) is 6.24. The Kier molecular flexibility index (Phi) is 7.72. The summed E-state index contributed by atoms with van der Waals surface area (Å²) in [5.74, 6) is -5.22. The molecule has 1 amide bonds. The minimum absolute atomic E-state index is 0.00425. The number of amides is 1. The van der Waals surface area contributed by atoms with Crippen LogP contribution in [0.25, 0.3) is 33.4 Å². The Balaban J connectivity index is 1.47. The van der Waals surface area contributed by atoms with Crippen molar-refractivity contribution in [3.63, 3.8) is 0 Å². The highest BCUT2D eigenvalue weighted by Gasteiger charge is 2.25. The van der Waals surface area contributed by atoms with Gasteiger partial charge in [-0.3, -0.25) is 19.4 Å². The lowest BCUT2D eigenvalue weighted by atomic mass is 9.89. The number of phenolic OH excluding ortho intramolecular Hbond substituents is 1. The summed E-state index contributed by atoms with van der Waals surface area (Å²) in [6, 6.07) is 13.1. The van der Waals surface area contributed by atoms with E-state index in [1.54, 1.807) is 12.1 Å². The van der Waals surface area contributed by atoms with E-state index in [0.29, 0.717) is 12.0 Å². The maximum atomic E-state index is 14.4. The number of fused-ring (bicyclic) bond motifs is 2. The van der Waals surface area contributed by atoms with Crippen molar-refractivity contribution in [3.05, 3.63) is 105 Å². The van der Waals surface area contributed by atoms with Crippen molar-refractivity contribution in [2.24, 2.45) is 0 Å². The predicted octanol–water partition coefficient (Wildman–Crippen LogP) is 4.69. The van der Waals surface area contributed by atoms with Crippen molar-refractivity contribution < 1.29 is 51.9 Å². The Morgan fingerprint density at radius 1 is 0.930 bits per heavy atom. The summed E-state index contributed by atoms with van der Waals surface area (Å²) >= 11 is 0. The molecule has 0 unspecified atom stereocenters. The van der Waals surface area contributed by atoms with Crippen molar-refractivity contribution in [1.29, 1.82) is 0 Å². The minimum atomic E-state index is -4.70. The molecule has 1 heterocycles. The molecule has 0 atom stereocenters. The minimum Gasteiger partial charge on any atom is -0.505 e. The number of phosphoric acid groups is 1. The molecule has 0 saturated carbocycles. The molecule has 0 radical (unpaired) electrons. The fraction of sp³-hybridized carbons (Fsp3) is 0.0690. The van der Waals surface area contributed by atoms with Gasteiger partial charge in [-0.25, -0.2) is 18.1 Å². The van der Waals surface area contributed by atoms with Gasteiger partial charge in [-0.1, -0.05) is 18.2 Å². The van der Waals surface area contributed by atoms with Crippen LogP contribution in [0.1, 0.15) is 26.3 Å². The van der Waals surface area contributed by atoms with Gasteiger partial charge in [0.2, 0.25) is 5.43 Å². The highest BCUT2D eigenvalue weighted by atomic mass is 31.2. The first-order valence-electron chi connectivity index (χ1n) is 12.4. The van der Waals surface area contributed by atoms with Crippen LogP contribution >= 0.6 is 7.82 Å². The van der Waals surface area contributed by atoms with E-state index in [4.69, 9.17) is 14.2 Å². The number of aromatic carboxylic acids is 1. The number of benzene rings is 4. The Labute approximate surface area is 240 Å². The molecule has 0 saturated heterocycles. The monoisotopic (exact) mass is 611 g/mol. The average Bonchev–Trinajstić information content (AvgIpc) is 2.93. The van der Waals surface area contributed by atoms with Crippen LogP contribution in [0.5, 0.6) is 11.5 Å². The molecule has 11 nitrogen and oxygen atoms in total. The molecule has 14 heteroatoms. The quantitative estimate of drug-likeness (QED) is 0.122. The zero-order valence-corrected chi connectivity index (χ0v) is 22.6. The Bertz CT molecular complexity index is 1990. The lowest BCUT2D eigenvalue weighted by molar-refractivity contribution is 0.0697. The molecule has 220 valence electrons. The normalized spacial score (nSPS) is 11.5. The lowest BCUT2D eigenvalue weighted by Gasteiger charge is -2.17. The molecule has 0 spiro atoms. The van der Waals surface area contributed by atoms with Gasteiger partial charge in [0.25, 0.3) is 5.91 Å². The molecule has 0 bridgehead atoms. The molecule has 3 aromatic carbocycles. The predicted molar refractivity (Wildman–Crippen MR) is 148 cm³/mol. The van der Waals surface area contributed by atoms with Crippen molar-refractivity contribution in [1.82, 2.24) is 5.32 Å². The first-order chi connectivity index (χ1) is 20.3. The molecule has 5 rings (SSSR count). The SMILES string of the molecule is O=C(NCCc1ccc(OP(=O)(O)O)cc1)c1ccc(-c2c3cc(F)c(=O)cc-3oc3cc(O)c(F)cc23)c(C(=O)O)c1. The summed E-state index contributed by atoms with van der Waals surface area (Å²) in [5, 5.41) is 22.5. The van der Waals surface area contributed by atoms with Crippen LogP contribution in [-0.2, 0) is 11.0 Å². The molecule has 0 aromatic heterocycles. The van der Waals surface area contributed by atoms with Gasteiger partial charge >= 0.3 is 13.8 Å². The second-order valence-electron chi connectivity index (χ2n) is 9.35. The lowest BCUT2D eigenvalue weighted by Crippen LogP contribution is -2.26. The molecule has 5 N–H and O–H groups in total. The summed E-state index contributed by atoms with van der Waals surface area (Å²) < 4.78 is 49.8. The maximum Gasteiger partial charge on any atom is 0.524 e. The van der Waals surface area contributed by atoms with Gasteiger partial charge in [-0.05, 0) is 53.9 Å². The van der Waals surface area contributed by atoms with Crippen LogP contribution in [0.15, 0.2) is 75.9 Å². The van der Waals surface area contributed by atoms with E-state index in [1.807, 2.05) is 0 Å². The first-order valence-corrected chi connectivity index (χ1v) is 13.9. The van der Waals surface area contributed by atoms with Gasteiger partial charge in [0, 0.05) is 40.8 Å². The molecular weight excluding hydrogens is 591 g/mol. The number of aromatic hydroxyl groups is 1. The molecule has 1 aliphatic heterocycles. The number of carboxylic acid groups (broad SMARTS) is 1. The van der Waals surface area contributed by atoms with E-state index in [2.05, 4.69) is 9.84 Å². The van der Waals surface area contributed by atoms with Crippen molar-refractivity contribution in [2.45, 2.75) is 6.42 Å². The third-order valence-electron chi connectivity index (χ3n) is 6.47. The number of carboxylic acids is 1. The van der Waals surface area contributed by atoms with Gasteiger partial charge in [0.1, 0.15) is 17.1 Å². The number of nitrogens with one attached hydrogen (secondary N) is 1. The molecule has 3 aromatic rings. The summed E-state index contributed by atoms with van der Waals surface area (Å²) in [6.07, 6.45) is 0.322. The average molecular weight is 611 g/mol. The number of carbonyl (C=O) groups is 2. The molecule has 2 aliphatic rings. The second kappa shape index (κ2) is 11.3. The Morgan fingerprint density at radius 3 is 2.33 bits per heavy atom. The van der Waals surface area contributed by atoms with Crippen LogP contribution in [0, 0.1) is 11.6 Å². The van der Waals surface area contributed by atoms with Crippen LogP contribution in [0.2, 0.25) is 0 Å². The number of hydrogen-bond donors (Lipinski definition) is 5. The number of rotatable bonds is 8. The molecule has 1 aliphatic carbocycles. The van der Waals surface area contributed by atoms with E-state index in [9.17, 15) is 37.9 Å².